The highest BCUT2D eigenvalue weighted by Crippen LogP contribution is 2.45. The van der Waals surface area contributed by atoms with Crippen LogP contribution in [-0.2, 0) is 17.8 Å². The molecule has 1 spiro atoms. The lowest BCUT2D eigenvalue weighted by atomic mass is 9.75. The van der Waals surface area contributed by atoms with Gasteiger partial charge in [0, 0.05) is 38.3 Å². The normalized spacial score (nSPS) is 22.9. The number of likely N-dealkylation sites (tertiary alicyclic amines) is 3. The van der Waals surface area contributed by atoms with Crippen LogP contribution in [0.2, 0.25) is 0 Å². The molecule has 5 rings (SSSR count). The molecule has 3 fully saturated rings. The molecule has 0 radical (unpaired) electrons. The highest BCUT2D eigenvalue weighted by molar-refractivity contribution is 5.96. The van der Waals surface area contributed by atoms with Gasteiger partial charge in [-0.3, -0.25) is 14.5 Å². The number of likely N-dealkylation sites (N-methyl/N-ethyl adjacent to an activating group) is 1. The van der Waals surface area contributed by atoms with Crippen LogP contribution in [0, 0.1) is 5.41 Å². The first-order chi connectivity index (χ1) is 16.1. The molecule has 0 N–H and O–H groups in total. The molecule has 2 amide bonds. The van der Waals surface area contributed by atoms with Crippen LogP contribution >= 0.6 is 0 Å². The van der Waals surface area contributed by atoms with Crippen LogP contribution in [0.3, 0.4) is 0 Å². The first-order valence-corrected chi connectivity index (χ1v) is 12.5. The summed E-state index contributed by atoms with van der Waals surface area (Å²) in [5.74, 6) is 0.393. The Balaban J connectivity index is 1.24. The van der Waals surface area contributed by atoms with Crippen LogP contribution in [0.1, 0.15) is 53.6 Å². The van der Waals surface area contributed by atoms with Crippen molar-refractivity contribution in [1.29, 1.82) is 0 Å². The van der Waals surface area contributed by atoms with Gasteiger partial charge in [-0.25, -0.2) is 0 Å². The van der Waals surface area contributed by atoms with Crippen LogP contribution in [0.25, 0.3) is 0 Å². The van der Waals surface area contributed by atoms with E-state index in [1.165, 1.54) is 18.4 Å². The molecular formula is C28H35N3O2. The molecule has 1 unspecified atom stereocenters. The summed E-state index contributed by atoms with van der Waals surface area (Å²) in [7, 11) is 1.96. The van der Waals surface area contributed by atoms with Crippen molar-refractivity contribution in [2.75, 3.05) is 33.2 Å². The predicted molar refractivity (Wildman–Crippen MR) is 130 cm³/mol. The second-order valence-corrected chi connectivity index (χ2v) is 10.2. The van der Waals surface area contributed by atoms with Crippen LogP contribution in [0.4, 0.5) is 0 Å². The van der Waals surface area contributed by atoms with E-state index in [0.29, 0.717) is 13.1 Å². The zero-order valence-electron chi connectivity index (χ0n) is 19.7. The number of piperidine rings is 1. The number of carbonyl (C=O) groups excluding carboxylic acids is 2. The van der Waals surface area contributed by atoms with Crippen molar-refractivity contribution >= 4 is 11.8 Å². The summed E-state index contributed by atoms with van der Waals surface area (Å²) < 4.78 is 0. The van der Waals surface area contributed by atoms with E-state index in [9.17, 15) is 9.59 Å². The number of carbonyl (C=O) groups is 2. The van der Waals surface area contributed by atoms with Gasteiger partial charge in [-0.1, -0.05) is 48.5 Å². The van der Waals surface area contributed by atoms with Crippen LogP contribution in [0.15, 0.2) is 54.6 Å². The van der Waals surface area contributed by atoms with Crippen molar-refractivity contribution in [1.82, 2.24) is 14.7 Å². The molecule has 2 aromatic rings. The Morgan fingerprint density at radius 3 is 2.33 bits per heavy atom. The summed E-state index contributed by atoms with van der Waals surface area (Å²) in [6.45, 7) is 4.41. The van der Waals surface area contributed by atoms with Gasteiger partial charge in [0.2, 0.25) is 5.91 Å². The zero-order chi connectivity index (χ0) is 22.8. The number of nitrogens with zero attached hydrogens (tertiary/aromatic N) is 3. The first kappa shape index (κ1) is 22.1. The fraction of sp³-hybridized carbons (Fsp3) is 0.500. The van der Waals surface area contributed by atoms with Crippen LogP contribution in [0.5, 0.6) is 0 Å². The Bertz CT molecular complexity index is 991. The maximum absolute atomic E-state index is 13.5. The third-order valence-corrected chi connectivity index (χ3v) is 8.11. The average molecular weight is 446 g/mol. The highest BCUT2D eigenvalue weighted by atomic mass is 16.2. The second-order valence-electron chi connectivity index (χ2n) is 10.2. The van der Waals surface area contributed by atoms with Gasteiger partial charge >= 0.3 is 0 Å². The van der Waals surface area contributed by atoms with Gasteiger partial charge in [-0.2, -0.15) is 0 Å². The van der Waals surface area contributed by atoms with Crippen molar-refractivity contribution in [3.8, 4) is 0 Å². The molecule has 0 aromatic heterocycles. The number of hydrogen-bond donors (Lipinski definition) is 0. The molecule has 3 aliphatic heterocycles. The molecular weight excluding hydrogens is 410 g/mol. The summed E-state index contributed by atoms with van der Waals surface area (Å²) in [4.78, 5) is 33.1. The molecule has 5 heteroatoms. The molecule has 174 valence electrons. The van der Waals surface area contributed by atoms with Crippen molar-refractivity contribution in [2.24, 2.45) is 5.41 Å². The van der Waals surface area contributed by atoms with Gasteiger partial charge in [0.05, 0.1) is 5.41 Å². The topological polar surface area (TPSA) is 43.9 Å². The molecule has 3 saturated heterocycles. The maximum Gasteiger partial charge on any atom is 0.254 e. The minimum absolute atomic E-state index is 0.124. The zero-order valence-corrected chi connectivity index (χ0v) is 19.7. The molecule has 3 aliphatic rings. The smallest absolute Gasteiger partial charge is 0.254 e. The van der Waals surface area contributed by atoms with Gasteiger partial charge in [0.25, 0.3) is 5.91 Å². The van der Waals surface area contributed by atoms with E-state index < -0.39 is 0 Å². The largest absolute Gasteiger partial charge is 0.342 e. The second kappa shape index (κ2) is 9.30. The van der Waals surface area contributed by atoms with E-state index in [4.69, 9.17) is 0 Å². The first-order valence-electron chi connectivity index (χ1n) is 12.5. The molecule has 3 heterocycles. The van der Waals surface area contributed by atoms with Gasteiger partial charge in [0.15, 0.2) is 0 Å². The van der Waals surface area contributed by atoms with Crippen LogP contribution in [-0.4, -0.2) is 65.8 Å². The van der Waals surface area contributed by atoms with Crippen molar-refractivity contribution in [3.05, 3.63) is 71.3 Å². The predicted octanol–water partition coefficient (Wildman–Crippen LogP) is 3.98. The Hall–Kier alpha value is -2.66. The van der Waals surface area contributed by atoms with E-state index in [1.807, 2.05) is 41.1 Å². The van der Waals surface area contributed by atoms with E-state index in [2.05, 4.69) is 35.2 Å². The lowest BCUT2D eigenvalue weighted by molar-refractivity contribution is -0.137. The molecule has 5 nitrogen and oxygen atoms in total. The van der Waals surface area contributed by atoms with Gasteiger partial charge in [-0.05, 0) is 68.8 Å². The molecule has 2 aromatic carbocycles. The summed E-state index contributed by atoms with van der Waals surface area (Å²) in [6.07, 6.45) is 5.82. The van der Waals surface area contributed by atoms with Crippen molar-refractivity contribution in [2.45, 2.75) is 51.1 Å². The maximum atomic E-state index is 13.5. The fourth-order valence-corrected chi connectivity index (χ4v) is 6.09. The lowest BCUT2D eigenvalue weighted by Crippen LogP contribution is -2.46. The Kier molecular flexibility index (Phi) is 6.24. The summed E-state index contributed by atoms with van der Waals surface area (Å²) >= 11 is 0. The third kappa shape index (κ3) is 4.43. The monoisotopic (exact) mass is 445 g/mol. The van der Waals surface area contributed by atoms with E-state index in [1.54, 1.807) is 0 Å². The third-order valence-electron chi connectivity index (χ3n) is 8.11. The van der Waals surface area contributed by atoms with Gasteiger partial charge in [0.1, 0.15) is 0 Å². The summed E-state index contributed by atoms with van der Waals surface area (Å²) in [6, 6.07) is 18.8. The molecule has 33 heavy (non-hydrogen) atoms. The quantitative estimate of drug-likeness (QED) is 0.699. The number of benzene rings is 2. The summed E-state index contributed by atoms with van der Waals surface area (Å²) in [5.41, 5.74) is 2.93. The number of hydrogen-bond acceptors (Lipinski definition) is 3. The molecule has 0 aliphatic carbocycles. The van der Waals surface area contributed by atoms with Crippen molar-refractivity contribution in [3.63, 3.8) is 0 Å². The van der Waals surface area contributed by atoms with Gasteiger partial charge < -0.3 is 9.80 Å². The Morgan fingerprint density at radius 2 is 1.61 bits per heavy atom. The van der Waals surface area contributed by atoms with Crippen LogP contribution < -0.4 is 0 Å². The SMILES string of the molecule is CN1C(=O)C2(CCN(C(=O)c3ccccc3CN3CCCC3)CC2)CC1Cc1ccccc1. The molecule has 1 atom stereocenters. The van der Waals surface area contributed by atoms with E-state index in [0.717, 1.165) is 56.4 Å². The Labute approximate surface area is 197 Å². The van der Waals surface area contributed by atoms with Gasteiger partial charge in [-0.15, -0.1) is 0 Å². The van der Waals surface area contributed by atoms with Crippen molar-refractivity contribution < 1.29 is 9.59 Å². The number of amides is 2. The Morgan fingerprint density at radius 1 is 0.939 bits per heavy atom. The minimum Gasteiger partial charge on any atom is -0.342 e. The molecule has 0 saturated carbocycles. The molecule has 0 bridgehead atoms. The summed E-state index contributed by atoms with van der Waals surface area (Å²) in [5, 5.41) is 0. The minimum atomic E-state index is -0.306. The standard InChI is InChI=1S/C28H35N3O2/c1-29-24(19-22-9-3-2-4-10-22)20-28(27(29)33)13-17-31(18-14-28)26(32)25-12-6-5-11-23(25)21-30-15-7-8-16-30/h2-6,9-12,24H,7-8,13-21H2,1H3. The fourth-order valence-electron chi connectivity index (χ4n) is 6.09. The lowest BCUT2D eigenvalue weighted by Gasteiger charge is -2.38. The number of rotatable bonds is 5. The highest BCUT2D eigenvalue weighted by Gasteiger charge is 2.51. The average Bonchev–Trinajstić information content (AvgIpc) is 3.43. The van der Waals surface area contributed by atoms with E-state index in [-0.39, 0.29) is 23.3 Å². The van der Waals surface area contributed by atoms with E-state index >= 15 is 0 Å².